The Bertz CT molecular complexity index is 525. The molecule has 0 bridgehead atoms. The van der Waals surface area contributed by atoms with E-state index in [2.05, 4.69) is 9.47 Å². The van der Waals surface area contributed by atoms with Gasteiger partial charge in [-0.05, 0) is 12.1 Å². The largest absolute Gasteiger partial charge is 0.465 e. The van der Waals surface area contributed by atoms with Crippen LogP contribution in [0.1, 0.15) is 27.9 Å². The Kier molecular flexibility index (Phi) is 4.69. The fourth-order valence-electron chi connectivity index (χ4n) is 1.40. The number of methoxy groups -OCH3 is 1. The highest BCUT2D eigenvalue weighted by atomic mass is 19.3. The van der Waals surface area contributed by atoms with E-state index in [9.17, 15) is 22.4 Å². The van der Waals surface area contributed by atoms with Crippen molar-refractivity contribution in [3.8, 4) is 11.8 Å². The van der Waals surface area contributed by atoms with Crippen molar-refractivity contribution in [3.05, 3.63) is 28.8 Å². The van der Waals surface area contributed by atoms with Crippen LogP contribution in [-0.4, -0.2) is 19.7 Å². The van der Waals surface area contributed by atoms with E-state index in [-0.39, 0.29) is 0 Å². The highest BCUT2D eigenvalue weighted by Gasteiger charge is 2.25. The first-order valence-electron chi connectivity index (χ1n) is 4.80. The van der Waals surface area contributed by atoms with Gasteiger partial charge in [0.25, 0.3) is 6.43 Å². The van der Waals surface area contributed by atoms with Crippen molar-refractivity contribution < 1.29 is 31.8 Å². The smallest absolute Gasteiger partial charge is 0.387 e. The van der Waals surface area contributed by atoms with Gasteiger partial charge < -0.3 is 9.47 Å². The SMILES string of the molecule is COC(=O)c1c(C#N)cc(OC(F)F)cc1C(F)F. The first kappa shape index (κ1) is 14.8. The minimum atomic E-state index is -3.24. The van der Waals surface area contributed by atoms with Crippen LogP contribution in [0.15, 0.2) is 12.1 Å². The standard InChI is InChI=1S/C11H7F4NO3/c1-18-10(17)8-5(4-16)2-6(19-11(14)15)3-7(8)9(12)13/h2-3,9,11H,1H3. The number of ether oxygens (including phenoxy) is 2. The van der Waals surface area contributed by atoms with Gasteiger partial charge in [-0.1, -0.05) is 0 Å². The number of halogens is 4. The maximum Gasteiger partial charge on any atom is 0.387 e. The number of esters is 1. The van der Waals surface area contributed by atoms with E-state index in [1.54, 1.807) is 0 Å². The molecule has 8 heteroatoms. The van der Waals surface area contributed by atoms with Crippen molar-refractivity contribution in [2.45, 2.75) is 13.0 Å². The third kappa shape index (κ3) is 3.34. The molecule has 0 saturated heterocycles. The van der Waals surface area contributed by atoms with Crippen molar-refractivity contribution in [2.24, 2.45) is 0 Å². The summed E-state index contributed by atoms with van der Waals surface area (Å²) in [5.74, 6) is -1.79. The van der Waals surface area contributed by atoms with Crippen molar-refractivity contribution >= 4 is 5.97 Å². The molecular formula is C11H7F4NO3. The average Bonchev–Trinajstić information content (AvgIpc) is 2.35. The van der Waals surface area contributed by atoms with E-state index >= 15 is 0 Å². The van der Waals surface area contributed by atoms with Gasteiger partial charge in [0.1, 0.15) is 11.8 Å². The third-order valence-electron chi connectivity index (χ3n) is 2.11. The summed E-state index contributed by atoms with van der Waals surface area (Å²) in [7, 11) is 0.947. The molecule has 0 aliphatic heterocycles. The first-order valence-corrected chi connectivity index (χ1v) is 4.80. The second kappa shape index (κ2) is 6.04. The van der Waals surface area contributed by atoms with Crippen LogP contribution in [0.5, 0.6) is 5.75 Å². The Morgan fingerprint density at radius 2 is 1.95 bits per heavy atom. The number of alkyl halides is 4. The molecule has 0 heterocycles. The first-order chi connectivity index (χ1) is 8.90. The highest BCUT2D eigenvalue weighted by molar-refractivity contribution is 5.94. The maximum absolute atomic E-state index is 12.8. The summed E-state index contributed by atoms with van der Waals surface area (Å²) in [6.07, 6.45) is -3.15. The van der Waals surface area contributed by atoms with E-state index in [0.717, 1.165) is 13.2 Å². The number of carbonyl (C=O) groups excluding carboxylic acids is 1. The molecule has 0 aliphatic rings. The van der Waals surface area contributed by atoms with Crippen LogP contribution in [0.4, 0.5) is 17.6 Å². The van der Waals surface area contributed by atoms with Crippen LogP contribution < -0.4 is 4.74 Å². The molecule has 102 valence electrons. The van der Waals surface area contributed by atoms with Crippen LogP contribution in [0.3, 0.4) is 0 Å². The van der Waals surface area contributed by atoms with Crippen LogP contribution in [0.2, 0.25) is 0 Å². The molecule has 0 saturated carbocycles. The normalized spacial score (nSPS) is 10.4. The summed E-state index contributed by atoms with van der Waals surface area (Å²) in [6.45, 7) is -3.24. The predicted molar refractivity (Wildman–Crippen MR) is 54.1 cm³/mol. The average molecular weight is 277 g/mol. The van der Waals surface area contributed by atoms with Gasteiger partial charge >= 0.3 is 12.6 Å². The Labute approximate surface area is 105 Å². The lowest BCUT2D eigenvalue weighted by Gasteiger charge is -2.12. The number of hydrogen-bond acceptors (Lipinski definition) is 4. The molecule has 4 nitrogen and oxygen atoms in total. The number of hydrogen-bond donors (Lipinski definition) is 0. The number of benzene rings is 1. The second-order valence-electron chi connectivity index (χ2n) is 3.22. The van der Waals surface area contributed by atoms with Crippen molar-refractivity contribution in [1.82, 2.24) is 0 Å². The van der Waals surface area contributed by atoms with Crippen LogP contribution >= 0.6 is 0 Å². The number of carbonyl (C=O) groups is 1. The van der Waals surface area contributed by atoms with E-state index < -0.39 is 41.4 Å². The lowest BCUT2D eigenvalue weighted by molar-refractivity contribution is -0.0500. The van der Waals surface area contributed by atoms with Gasteiger partial charge in [-0.3, -0.25) is 0 Å². The molecule has 1 aromatic rings. The monoisotopic (exact) mass is 277 g/mol. The van der Waals surface area contributed by atoms with Crippen molar-refractivity contribution in [1.29, 1.82) is 5.26 Å². The fourth-order valence-corrected chi connectivity index (χ4v) is 1.40. The maximum atomic E-state index is 12.8. The Morgan fingerprint density at radius 3 is 2.37 bits per heavy atom. The van der Waals surface area contributed by atoms with Gasteiger partial charge in [-0.15, -0.1) is 0 Å². The third-order valence-corrected chi connectivity index (χ3v) is 2.11. The molecule has 19 heavy (non-hydrogen) atoms. The molecule has 0 aliphatic carbocycles. The van der Waals surface area contributed by atoms with E-state index in [4.69, 9.17) is 5.26 Å². The van der Waals surface area contributed by atoms with Crippen LogP contribution in [0, 0.1) is 11.3 Å². The number of nitriles is 1. The van der Waals surface area contributed by atoms with Gasteiger partial charge in [0.2, 0.25) is 0 Å². The Morgan fingerprint density at radius 1 is 1.32 bits per heavy atom. The minimum Gasteiger partial charge on any atom is -0.465 e. The molecule has 0 N–H and O–H groups in total. The summed E-state index contributed by atoms with van der Waals surface area (Å²) >= 11 is 0. The molecule has 0 amide bonds. The van der Waals surface area contributed by atoms with E-state index in [0.29, 0.717) is 6.07 Å². The number of nitrogens with zero attached hydrogens (tertiary/aromatic N) is 1. The quantitative estimate of drug-likeness (QED) is 0.627. The van der Waals surface area contributed by atoms with Gasteiger partial charge in [0.15, 0.2) is 0 Å². The fraction of sp³-hybridized carbons (Fsp3) is 0.273. The Balaban J connectivity index is 3.45. The minimum absolute atomic E-state index is 0.527. The van der Waals surface area contributed by atoms with Crippen LogP contribution in [0.25, 0.3) is 0 Å². The van der Waals surface area contributed by atoms with Crippen LogP contribution in [-0.2, 0) is 4.74 Å². The summed E-state index contributed by atoms with van der Waals surface area (Å²) in [5, 5.41) is 8.78. The molecular weight excluding hydrogens is 270 g/mol. The van der Waals surface area contributed by atoms with Crippen molar-refractivity contribution in [2.75, 3.05) is 7.11 Å². The molecule has 0 spiro atoms. The highest BCUT2D eigenvalue weighted by Crippen LogP contribution is 2.31. The van der Waals surface area contributed by atoms with Gasteiger partial charge in [0.05, 0.1) is 18.2 Å². The molecule has 1 aromatic carbocycles. The summed E-state index contributed by atoms with van der Waals surface area (Å²) in [6, 6.07) is 2.80. The lowest BCUT2D eigenvalue weighted by atomic mass is 10.0. The Hall–Kier alpha value is -2.30. The molecule has 0 fully saturated rings. The molecule has 0 atom stereocenters. The van der Waals surface area contributed by atoms with Gasteiger partial charge in [-0.2, -0.15) is 14.0 Å². The summed E-state index contributed by atoms with van der Waals surface area (Å²) in [5.41, 5.74) is -2.09. The van der Waals surface area contributed by atoms with E-state index in [1.165, 1.54) is 6.07 Å². The summed E-state index contributed by atoms with van der Waals surface area (Å²) in [4.78, 5) is 11.4. The number of rotatable bonds is 4. The zero-order valence-corrected chi connectivity index (χ0v) is 9.49. The topological polar surface area (TPSA) is 59.3 Å². The van der Waals surface area contributed by atoms with Gasteiger partial charge in [0, 0.05) is 5.56 Å². The zero-order valence-electron chi connectivity index (χ0n) is 9.49. The molecule has 0 radical (unpaired) electrons. The lowest BCUT2D eigenvalue weighted by Crippen LogP contribution is -2.11. The van der Waals surface area contributed by atoms with Gasteiger partial charge in [-0.25, -0.2) is 13.6 Å². The second-order valence-corrected chi connectivity index (χ2v) is 3.22. The van der Waals surface area contributed by atoms with Crippen molar-refractivity contribution in [3.63, 3.8) is 0 Å². The van der Waals surface area contributed by atoms with E-state index in [1.807, 2.05) is 0 Å². The zero-order chi connectivity index (χ0) is 14.6. The molecule has 0 aromatic heterocycles. The molecule has 1 rings (SSSR count). The predicted octanol–water partition coefficient (Wildman–Crippen LogP) is 2.88. The summed E-state index contributed by atoms with van der Waals surface area (Å²) < 4.78 is 57.9. The molecule has 0 unspecified atom stereocenters.